The Balaban J connectivity index is 1.61. The Hall–Kier alpha value is -2.69. The summed E-state index contributed by atoms with van der Waals surface area (Å²) in [6.45, 7) is -0.198. The van der Waals surface area contributed by atoms with Crippen LogP contribution >= 0.6 is 0 Å². The topological polar surface area (TPSA) is 58.2 Å². The van der Waals surface area contributed by atoms with Crippen molar-refractivity contribution < 1.29 is 14.0 Å². The highest BCUT2D eigenvalue weighted by Gasteiger charge is 2.15. The number of benzene rings is 2. The van der Waals surface area contributed by atoms with Crippen molar-refractivity contribution >= 4 is 17.5 Å². The van der Waals surface area contributed by atoms with E-state index in [1.165, 1.54) is 35.7 Å². The van der Waals surface area contributed by atoms with E-state index in [0.717, 1.165) is 24.9 Å². The Kier molecular flexibility index (Phi) is 4.89. The predicted octanol–water partition coefficient (Wildman–Crippen LogP) is 3.07. The first-order valence-electron chi connectivity index (χ1n) is 8.08. The van der Waals surface area contributed by atoms with Crippen LogP contribution in [0.4, 0.5) is 10.1 Å². The van der Waals surface area contributed by atoms with Gasteiger partial charge in [-0.2, -0.15) is 0 Å². The zero-order chi connectivity index (χ0) is 16.9. The zero-order valence-electron chi connectivity index (χ0n) is 13.3. The summed E-state index contributed by atoms with van der Waals surface area (Å²) in [5, 5.41) is 5.29. The van der Waals surface area contributed by atoms with Crippen LogP contribution in [0.25, 0.3) is 0 Å². The fraction of sp³-hybridized carbons (Fsp3) is 0.263. The molecule has 24 heavy (non-hydrogen) atoms. The molecule has 2 aromatic rings. The van der Waals surface area contributed by atoms with E-state index in [0.29, 0.717) is 0 Å². The summed E-state index contributed by atoms with van der Waals surface area (Å²) in [5.41, 5.74) is 3.19. The number of nitrogens with one attached hydrogen (secondary N) is 2. The predicted molar refractivity (Wildman–Crippen MR) is 90.4 cm³/mol. The lowest BCUT2D eigenvalue weighted by molar-refractivity contribution is -0.115. The van der Waals surface area contributed by atoms with Gasteiger partial charge in [0.2, 0.25) is 5.91 Å². The summed E-state index contributed by atoms with van der Waals surface area (Å²) in [5.74, 6) is -1.52. The van der Waals surface area contributed by atoms with Crippen LogP contribution in [0.1, 0.15) is 34.3 Å². The molecule has 1 aliphatic carbocycles. The third-order valence-electron chi connectivity index (χ3n) is 4.20. The van der Waals surface area contributed by atoms with E-state index in [1.54, 1.807) is 6.07 Å². The minimum Gasteiger partial charge on any atom is -0.343 e. The molecule has 0 unspecified atom stereocenters. The molecule has 0 saturated heterocycles. The monoisotopic (exact) mass is 326 g/mol. The fourth-order valence-corrected chi connectivity index (χ4v) is 2.99. The van der Waals surface area contributed by atoms with Gasteiger partial charge in [0.05, 0.1) is 12.1 Å². The molecule has 1 aliphatic rings. The Morgan fingerprint density at radius 3 is 2.62 bits per heavy atom. The first-order valence-corrected chi connectivity index (χ1v) is 8.08. The highest BCUT2D eigenvalue weighted by molar-refractivity contribution is 5.99. The van der Waals surface area contributed by atoms with E-state index in [2.05, 4.69) is 16.7 Å². The molecule has 2 aromatic carbocycles. The number of carbonyl (C=O) groups is 2. The third kappa shape index (κ3) is 3.62. The van der Waals surface area contributed by atoms with Gasteiger partial charge in [-0.25, -0.2) is 4.39 Å². The Labute approximate surface area is 140 Å². The first kappa shape index (κ1) is 16.2. The largest absolute Gasteiger partial charge is 0.343 e. The average molecular weight is 326 g/mol. The van der Waals surface area contributed by atoms with Gasteiger partial charge >= 0.3 is 0 Å². The molecule has 0 bridgehead atoms. The summed E-state index contributed by atoms with van der Waals surface area (Å²) in [4.78, 5) is 24.0. The molecule has 4 nitrogen and oxygen atoms in total. The Morgan fingerprint density at radius 2 is 1.79 bits per heavy atom. The number of amides is 2. The maximum atomic E-state index is 13.5. The van der Waals surface area contributed by atoms with Crippen LogP contribution in [0.3, 0.4) is 0 Å². The molecule has 0 aromatic heterocycles. The number of hydrogen-bond donors (Lipinski definition) is 2. The van der Waals surface area contributed by atoms with Gasteiger partial charge in [0.1, 0.15) is 5.82 Å². The van der Waals surface area contributed by atoms with E-state index >= 15 is 0 Å². The lowest BCUT2D eigenvalue weighted by Gasteiger charge is -2.19. The van der Waals surface area contributed by atoms with Crippen LogP contribution in [-0.2, 0) is 17.6 Å². The van der Waals surface area contributed by atoms with E-state index in [4.69, 9.17) is 0 Å². The van der Waals surface area contributed by atoms with Crippen LogP contribution < -0.4 is 10.6 Å². The number of rotatable bonds is 4. The molecule has 0 saturated carbocycles. The summed E-state index contributed by atoms with van der Waals surface area (Å²) in [7, 11) is 0. The van der Waals surface area contributed by atoms with Crippen molar-refractivity contribution in [2.45, 2.75) is 25.7 Å². The van der Waals surface area contributed by atoms with Crippen LogP contribution in [0, 0.1) is 5.82 Å². The number of fused-ring (bicyclic) bond motifs is 1. The van der Waals surface area contributed by atoms with E-state index < -0.39 is 11.7 Å². The van der Waals surface area contributed by atoms with Crippen molar-refractivity contribution in [3.8, 4) is 0 Å². The van der Waals surface area contributed by atoms with Crippen molar-refractivity contribution in [2.24, 2.45) is 0 Å². The standard InChI is InChI=1S/C19H19FN2O2/c20-16-10-4-3-9-15(16)19(24)21-12-18(23)22-17-11-5-7-13-6-1-2-8-14(13)17/h3-5,7,9-11H,1-2,6,8,12H2,(H,21,24)(H,22,23). The van der Waals surface area contributed by atoms with Gasteiger partial charge in [0.15, 0.2) is 0 Å². The second-order valence-electron chi connectivity index (χ2n) is 5.86. The summed E-state index contributed by atoms with van der Waals surface area (Å²) in [6.07, 6.45) is 4.27. The Morgan fingerprint density at radius 1 is 1.00 bits per heavy atom. The molecule has 2 amide bonds. The summed E-state index contributed by atoms with van der Waals surface area (Å²) in [6, 6.07) is 11.6. The van der Waals surface area contributed by atoms with Crippen LogP contribution in [0.15, 0.2) is 42.5 Å². The SMILES string of the molecule is O=C(CNC(=O)c1ccccc1F)Nc1cccc2c1CCCC2. The molecule has 0 spiro atoms. The zero-order valence-corrected chi connectivity index (χ0v) is 13.3. The minimum absolute atomic E-state index is 0.0672. The third-order valence-corrected chi connectivity index (χ3v) is 4.20. The van der Waals surface area contributed by atoms with Gasteiger partial charge in [-0.1, -0.05) is 24.3 Å². The second-order valence-corrected chi connectivity index (χ2v) is 5.86. The van der Waals surface area contributed by atoms with Crippen molar-refractivity contribution in [2.75, 3.05) is 11.9 Å². The molecule has 124 valence electrons. The molecule has 0 radical (unpaired) electrons. The molecule has 0 fully saturated rings. The molecule has 5 heteroatoms. The quantitative estimate of drug-likeness (QED) is 0.907. The van der Waals surface area contributed by atoms with Gasteiger partial charge in [-0.3, -0.25) is 9.59 Å². The van der Waals surface area contributed by atoms with Gasteiger partial charge in [0.25, 0.3) is 5.91 Å². The van der Waals surface area contributed by atoms with Crippen LogP contribution in [0.5, 0.6) is 0 Å². The van der Waals surface area contributed by atoms with Crippen molar-refractivity contribution in [1.82, 2.24) is 5.32 Å². The maximum absolute atomic E-state index is 13.5. The summed E-state index contributed by atoms with van der Waals surface area (Å²) >= 11 is 0. The fourth-order valence-electron chi connectivity index (χ4n) is 2.99. The molecule has 0 heterocycles. The maximum Gasteiger partial charge on any atom is 0.254 e. The first-order chi connectivity index (χ1) is 11.6. The lowest BCUT2D eigenvalue weighted by atomic mass is 9.90. The normalized spacial score (nSPS) is 13.0. The number of hydrogen-bond acceptors (Lipinski definition) is 2. The van der Waals surface area contributed by atoms with Gasteiger partial charge < -0.3 is 10.6 Å². The number of anilines is 1. The average Bonchev–Trinajstić information content (AvgIpc) is 2.60. The number of halogens is 1. The molecule has 0 aliphatic heterocycles. The van der Waals surface area contributed by atoms with Gasteiger partial charge in [-0.15, -0.1) is 0 Å². The molecule has 0 atom stereocenters. The van der Waals surface area contributed by atoms with Crippen LogP contribution in [0.2, 0.25) is 0 Å². The van der Waals surface area contributed by atoms with Crippen molar-refractivity contribution in [1.29, 1.82) is 0 Å². The number of carbonyl (C=O) groups excluding carboxylic acids is 2. The highest BCUT2D eigenvalue weighted by atomic mass is 19.1. The van der Waals surface area contributed by atoms with E-state index in [-0.39, 0.29) is 18.0 Å². The highest BCUT2D eigenvalue weighted by Crippen LogP contribution is 2.27. The minimum atomic E-state index is -0.604. The van der Waals surface area contributed by atoms with Crippen molar-refractivity contribution in [3.63, 3.8) is 0 Å². The number of aryl methyl sites for hydroxylation is 1. The van der Waals surface area contributed by atoms with Crippen molar-refractivity contribution in [3.05, 3.63) is 65.0 Å². The van der Waals surface area contributed by atoms with E-state index in [9.17, 15) is 14.0 Å². The van der Waals surface area contributed by atoms with E-state index in [1.807, 2.05) is 12.1 Å². The van der Waals surface area contributed by atoms with Gasteiger partial charge in [0, 0.05) is 5.69 Å². The molecular weight excluding hydrogens is 307 g/mol. The Bertz CT molecular complexity index is 774. The lowest BCUT2D eigenvalue weighted by Crippen LogP contribution is -2.33. The van der Waals surface area contributed by atoms with Gasteiger partial charge in [-0.05, 0) is 55.0 Å². The molecule has 2 N–H and O–H groups in total. The summed E-state index contributed by atoms with van der Waals surface area (Å²) < 4.78 is 13.5. The smallest absolute Gasteiger partial charge is 0.254 e. The second kappa shape index (κ2) is 7.25. The molecular formula is C19H19FN2O2. The molecule has 3 rings (SSSR count). The van der Waals surface area contributed by atoms with Crippen LogP contribution in [-0.4, -0.2) is 18.4 Å².